The van der Waals surface area contributed by atoms with Crippen LogP contribution in [0.1, 0.15) is 36.5 Å². The first-order valence-corrected chi connectivity index (χ1v) is 6.70. The van der Waals surface area contributed by atoms with Crippen LogP contribution in [-0.2, 0) is 0 Å². The summed E-state index contributed by atoms with van der Waals surface area (Å²) >= 11 is 5.81. The van der Waals surface area contributed by atoms with Gasteiger partial charge in [-0.05, 0) is 38.3 Å². The van der Waals surface area contributed by atoms with E-state index in [4.69, 9.17) is 17.3 Å². The molecule has 0 aromatic carbocycles. The van der Waals surface area contributed by atoms with E-state index < -0.39 is 5.60 Å². The molecule has 2 heterocycles. The van der Waals surface area contributed by atoms with Crippen LogP contribution in [0.25, 0.3) is 0 Å². The molecular weight excluding hydrogens is 266 g/mol. The molecule has 0 radical (unpaired) electrons. The second kappa shape index (κ2) is 5.35. The minimum absolute atomic E-state index is 0.117. The largest absolute Gasteiger partial charge is 0.390 e. The van der Waals surface area contributed by atoms with Gasteiger partial charge in [0.15, 0.2) is 0 Å². The molecule has 1 atom stereocenters. The van der Waals surface area contributed by atoms with E-state index in [1.807, 2.05) is 6.92 Å². The van der Waals surface area contributed by atoms with Gasteiger partial charge in [0.2, 0.25) is 0 Å². The summed E-state index contributed by atoms with van der Waals surface area (Å²) in [7, 11) is 0. The molecule has 1 saturated heterocycles. The maximum absolute atomic E-state index is 12.4. The van der Waals surface area contributed by atoms with Crippen LogP contribution < -0.4 is 5.73 Å². The van der Waals surface area contributed by atoms with Gasteiger partial charge in [0.1, 0.15) is 11.0 Å². The number of carbonyl (C=O) groups is 1. The Morgan fingerprint density at radius 1 is 1.47 bits per heavy atom. The van der Waals surface area contributed by atoms with Crippen LogP contribution in [0.3, 0.4) is 0 Å². The molecule has 3 N–H and O–H groups in total. The standard InChI is InChI=1S/C13H18ClN3O2/c1-13(19)3-2-5-17(6-4-13)12(18)9-7-10(14)16-11(15)8-9/h7-8,19H,2-6H2,1H3,(H2,15,16). The summed E-state index contributed by atoms with van der Waals surface area (Å²) in [5, 5.41) is 10.2. The first-order chi connectivity index (χ1) is 8.87. The van der Waals surface area contributed by atoms with Crippen molar-refractivity contribution in [3.8, 4) is 0 Å². The van der Waals surface area contributed by atoms with Gasteiger partial charge < -0.3 is 15.7 Å². The summed E-state index contributed by atoms with van der Waals surface area (Å²) in [6.07, 6.45) is 2.07. The van der Waals surface area contributed by atoms with Crippen LogP contribution in [0.15, 0.2) is 12.1 Å². The van der Waals surface area contributed by atoms with Crippen molar-refractivity contribution < 1.29 is 9.90 Å². The number of likely N-dealkylation sites (tertiary alicyclic amines) is 1. The molecule has 1 fully saturated rings. The van der Waals surface area contributed by atoms with E-state index in [2.05, 4.69) is 4.98 Å². The SMILES string of the molecule is CC1(O)CCCN(C(=O)c2cc(N)nc(Cl)c2)CC1. The van der Waals surface area contributed by atoms with Gasteiger partial charge in [-0.15, -0.1) is 0 Å². The van der Waals surface area contributed by atoms with Gasteiger partial charge in [-0.3, -0.25) is 4.79 Å². The molecule has 1 unspecified atom stereocenters. The normalized spacial score (nSPS) is 24.1. The monoisotopic (exact) mass is 283 g/mol. The number of nitrogens with zero attached hydrogens (tertiary/aromatic N) is 2. The van der Waals surface area contributed by atoms with Crippen LogP contribution >= 0.6 is 11.6 Å². The summed E-state index contributed by atoms with van der Waals surface area (Å²) in [6, 6.07) is 3.04. The number of rotatable bonds is 1. The van der Waals surface area contributed by atoms with Crippen LogP contribution in [-0.4, -0.2) is 39.6 Å². The van der Waals surface area contributed by atoms with Crippen molar-refractivity contribution in [2.75, 3.05) is 18.8 Å². The highest BCUT2D eigenvalue weighted by molar-refractivity contribution is 6.29. The Hall–Kier alpha value is -1.33. The number of nitrogens with two attached hydrogens (primary N) is 1. The summed E-state index contributed by atoms with van der Waals surface area (Å²) in [4.78, 5) is 17.9. The number of nitrogen functional groups attached to an aromatic ring is 1. The number of aromatic nitrogens is 1. The molecule has 19 heavy (non-hydrogen) atoms. The van der Waals surface area contributed by atoms with E-state index in [0.29, 0.717) is 31.5 Å². The Labute approximate surface area is 117 Å². The molecule has 1 amide bonds. The second-order valence-electron chi connectivity index (χ2n) is 5.25. The fourth-order valence-electron chi connectivity index (χ4n) is 2.29. The van der Waals surface area contributed by atoms with E-state index in [0.717, 1.165) is 6.42 Å². The van der Waals surface area contributed by atoms with E-state index in [1.165, 1.54) is 12.1 Å². The number of amides is 1. The lowest BCUT2D eigenvalue weighted by Crippen LogP contribution is -2.33. The van der Waals surface area contributed by atoms with Gasteiger partial charge in [0.25, 0.3) is 5.91 Å². The topological polar surface area (TPSA) is 79.5 Å². The van der Waals surface area contributed by atoms with Crippen molar-refractivity contribution in [2.24, 2.45) is 0 Å². The average molecular weight is 284 g/mol. The highest BCUT2D eigenvalue weighted by Crippen LogP contribution is 2.23. The zero-order valence-electron chi connectivity index (χ0n) is 10.9. The molecule has 6 heteroatoms. The van der Waals surface area contributed by atoms with Crippen molar-refractivity contribution in [3.05, 3.63) is 22.8 Å². The molecule has 2 rings (SSSR count). The third kappa shape index (κ3) is 3.58. The minimum Gasteiger partial charge on any atom is -0.390 e. The molecule has 1 aromatic rings. The number of hydrogen-bond donors (Lipinski definition) is 2. The Morgan fingerprint density at radius 3 is 2.89 bits per heavy atom. The molecule has 0 bridgehead atoms. The van der Waals surface area contributed by atoms with Crippen molar-refractivity contribution in [1.29, 1.82) is 0 Å². The molecule has 1 aliphatic rings. The fraction of sp³-hybridized carbons (Fsp3) is 0.538. The van der Waals surface area contributed by atoms with Crippen molar-refractivity contribution in [3.63, 3.8) is 0 Å². The van der Waals surface area contributed by atoms with E-state index in [9.17, 15) is 9.90 Å². The molecule has 1 aliphatic heterocycles. The van der Waals surface area contributed by atoms with Gasteiger partial charge in [-0.25, -0.2) is 4.98 Å². The number of halogens is 1. The molecule has 0 aliphatic carbocycles. The predicted molar refractivity (Wildman–Crippen MR) is 74.0 cm³/mol. The first-order valence-electron chi connectivity index (χ1n) is 6.32. The van der Waals surface area contributed by atoms with Gasteiger partial charge in [0.05, 0.1) is 5.60 Å². The zero-order chi connectivity index (χ0) is 14.0. The maximum Gasteiger partial charge on any atom is 0.254 e. The van der Waals surface area contributed by atoms with Crippen LogP contribution in [0.5, 0.6) is 0 Å². The smallest absolute Gasteiger partial charge is 0.254 e. The predicted octanol–water partition coefficient (Wildman–Crippen LogP) is 1.69. The number of carbonyl (C=O) groups excluding carboxylic acids is 1. The van der Waals surface area contributed by atoms with E-state index >= 15 is 0 Å². The summed E-state index contributed by atoms with van der Waals surface area (Å²) < 4.78 is 0. The summed E-state index contributed by atoms with van der Waals surface area (Å²) in [5.74, 6) is 0.117. The first kappa shape index (κ1) is 14.1. The quantitative estimate of drug-likeness (QED) is 0.769. The molecule has 104 valence electrons. The van der Waals surface area contributed by atoms with Gasteiger partial charge in [-0.2, -0.15) is 0 Å². The van der Waals surface area contributed by atoms with Crippen LogP contribution in [0, 0.1) is 0 Å². The number of anilines is 1. The summed E-state index contributed by atoms with van der Waals surface area (Å²) in [5.41, 5.74) is 5.35. The van der Waals surface area contributed by atoms with Crippen molar-refractivity contribution in [2.45, 2.75) is 31.8 Å². The third-order valence-corrected chi connectivity index (χ3v) is 3.61. The molecular formula is C13H18ClN3O2. The number of aliphatic hydroxyl groups is 1. The maximum atomic E-state index is 12.4. The lowest BCUT2D eigenvalue weighted by Gasteiger charge is -2.22. The molecule has 0 spiro atoms. The Bertz CT molecular complexity index is 471. The Kier molecular flexibility index (Phi) is 3.96. The Morgan fingerprint density at radius 2 is 2.21 bits per heavy atom. The highest BCUT2D eigenvalue weighted by atomic mass is 35.5. The average Bonchev–Trinajstić information content (AvgIpc) is 2.48. The molecule has 5 nitrogen and oxygen atoms in total. The van der Waals surface area contributed by atoms with E-state index in [1.54, 1.807) is 4.90 Å². The van der Waals surface area contributed by atoms with Gasteiger partial charge >= 0.3 is 0 Å². The van der Waals surface area contributed by atoms with Gasteiger partial charge in [0, 0.05) is 18.7 Å². The Balaban J connectivity index is 2.15. The lowest BCUT2D eigenvalue weighted by atomic mass is 9.98. The number of hydrogen-bond acceptors (Lipinski definition) is 4. The van der Waals surface area contributed by atoms with Crippen LogP contribution in [0.4, 0.5) is 5.82 Å². The fourth-order valence-corrected chi connectivity index (χ4v) is 2.50. The van der Waals surface area contributed by atoms with Crippen LogP contribution in [0.2, 0.25) is 5.15 Å². The number of pyridine rings is 1. The minimum atomic E-state index is -0.691. The molecule has 0 saturated carbocycles. The van der Waals surface area contributed by atoms with Crippen molar-refractivity contribution >= 4 is 23.3 Å². The third-order valence-electron chi connectivity index (χ3n) is 3.41. The zero-order valence-corrected chi connectivity index (χ0v) is 11.7. The van der Waals surface area contributed by atoms with Gasteiger partial charge in [-0.1, -0.05) is 11.6 Å². The molecule has 1 aromatic heterocycles. The lowest BCUT2D eigenvalue weighted by molar-refractivity contribution is 0.0438. The second-order valence-corrected chi connectivity index (χ2v) is 5.63. The van der Waals surface area contributed by atoms with E-state index in [-0.39, 0.29) is 16.9 Å². The highest BCUT2D eigenvalue weighted by Gasteiger charge is 2.27. The van der Waals surface area contributed by atoms with Crippen molar-refractivity contribution in [1.82, 2.24) is 9.88 Å². The summed E-state index contributed by atoms with van der Waals surface area (Å²) in [6.45, 7) is 2.97.